The second-order valence-corrected chi connectivity index (χ2v) is 10.1. The Labute approximate surface area is 207 Å². The maximum absolute atomic E-state index is 12.3. The molecule has 3 aromatic rings. The van der Waals surface area contributed by atoms with Crippen LogP contribution in [0.25, 0.3) is 23.3 Å². The van der Waals surface area contributed by atoms with Crippen LogP contribution in [-0.2, 0) is 25.0 Å². The molecule has 0 aliphatic rings. The van der Waals surface area contributed by atoms with Gasteiger partial charge in [-0.2, -0.15) is 21.8 Å². The van der Waals surface area contributed by atoms with Crippen molar-refractivity contribution in [1.29, 1.82) is 0 Å². The minimum Gasteiger partial charge on any atom is -0.326 e. The fourth-order valence-corrected chi connectivity index (χ4v) is 5.03. The van der Waals surface area contributed by atoms with Gasteiger partial charge in [0, 0.05) is 18.2 Å². The number of thiocarbonyl (C=S) groups is 1. The van der Waals surface area contributed by atoms with E-state index >= 15 is 0 Å². The third kappa shape index (κ3) is 6.55. The van der Waals surface area contributed by atoms with Crippen LogP contribution in [0, 0.1) is 0 Å². The molecule has 3 N–H and O–H groups in total. The zero-order chi connectivity index (χ0) is 25.8. The zero-order valence-corrected chi connectivity index (χ0v) is 20.5. The molecule has 1 amide bonds. The van der Waals surface area contributed by atoms with Crippen LogP contribution in [0.15, 0.2) is 75.4 Å². The first-order valence-corrected chi connectivity index (χ1v) is 13.0. The summed E-state index contributed by atoms with van der Waals surface area (Å²) in [5.41, 5.74) is 1.39. The van der Waals surface area contributed by atoms with Crippen LogP contribution in [0.1, 0.15) is 18.1 Å². The van der Waals surface area contributed by atoms with Crippen molar-refractivity contribution in [1.82, 2.24) is 0 Å². The van der Waals surface area contributed by atoms with Crippen LogP contribution in [-0.4, -0.2) is 37.0 Å². The van der Waals surface area contributed by atoms with E-state index < -0.39 is 30.0 Å². The quantitative estimate of drug-likeness (QED) is 0.172. The highest BCUT2D eigenvalue weighted by Gasteiger charge is 2.21. The number of anilines is 1. The van der Waals surface area contributed by atoms with Crippen LogP contribution in [0.2, 0.25) is 0 Å². The predicted octanol–water partition coefficient (Wildman–Crippen LogP) is 4.71. The highest BCUT2D eigenvalue weighted by atomic mass is 32.2. The third-order valence-corrected chi connectivity index (χ3v) is 6.68. The van der Waals surface area contributed by atoms with E-state index in [-0.39, 0.29) is 28.3 Å². The molecule has 12 heteroatoms. The number of isothiocyanates is 1. The lowest BCUT2D eigenvalue weighted by Gasteiger charge is -2.12. The van der Waals surface area contributed by atoms with Gasteiger partial charge in [-0.05, 0) is 53.2 Å². The molecule has 0 saturated carbocycles. The Balaban J connectivity index is 2.14. The van der Waals surface area contributed by atoms with Crippen molar-refractivity contribution in [3.8, 4) is 11.1 Å². The number of carbonyl (C=O) groups is 1. The molecule has 0 aliphatic carbocycles. The fourth-order valence-electron chi connectivity index (χ4n) is 3.32. The van der Waals surface area contributed by atoms with E-state index in [9.17, 15) is 30.7 Å². The maximum Gasteiger partial charge on any atom is 0.295 e. The lowest BCUT2D eigenvalue weighted by atomic mass is 10.0. The van der Waals surface area contributed by atoms with E-state index in [0.717, 1.165) is 6.07 Å². The van der Waals surface area contributed by atoms with Crippen LogP contribution in [0.4, 0.5) is 11.4 Å². The van der Waals surface area contributed by atoms with Crippen LogP contribution >= 0.6 is 12.2 Å². The van der Waals surface area contributed by atoms with Gasteiger partial charge in [0.15, 0.2) is 0 Å². The van der Waals surface area contributed by atoms with Crippen molar-refractivity contribution in [3.63, 3.8) is 0 Å². The maximum atomic E-state index is 12.3. The molecule has 3 aromatic carbocycles. The summed E-state index contributed by atoms with van der Waals surface area (Å²) in [5.74, 6) is -0.269. The van der Waals surface area contributed by atoms with Crippen LogP contribution < -0.4 is 5.32 Å². The van der Waals surface area contributed by atoms with Gasteiger partial charge in [0.05, 0.1) is 10.8 Å². The monoisotopic (exact) mass is 530 g/mol. The van der Waals surface area contributed by atoms with E-state index in [1.807, 2.05) is 0 Å². The topological polar surface area (TPSA) is 150 Å². The largest absolute Gasteiger partial charge is 0.326 e. The van der Waals surface area contributed by atoms with Crippen LogP contribution in [0.3, 0.4) is 0 Å². The van der Waals surface area contributed by atoms with Crippen molar-refractivity contribution >= 4 is 67.0 Å². The number of amides is 1. The molecular weight excluding hydrogens is 512 g/mol. The Kier molecular flexibility index (Phi) is 7.76. The van der Waals surface area contributed by atoms with Gasteiger partial charge in [-0.3, -0.25) is 13.9 Å². The normalized spacial score (nSPS) is 11.7. The summed E-state index contributed by atoms with van der Waals surface area (Å²) in [5, 5.41) is 4.70. The number of benzene rings is 3. The van der Waals surface area contributed by atoms with Gasteiger partial charge in [0.25, 0.3) is 20.2 Å². The lowest BCUT2D eigenvalue weighted by Crippen LogP contribution is -2.06. The number of hydrogen-bond donors (Lipinski definition) is 3. The molecule has 0 unspecified atom stereocenters. The molecule has 9 nitrogen and oxygen atoms in total. The second kappa shape index (κ2) is 10.4. The first kappa shape index (κ1) is 26.1. The predicted molar refractivity (Wildman–Crippen MR) is 136 cm³/mol. The molecule has 0 aromatic heterocycles. The minimum atomic E-state index is -4.72. The molecule has 35 heavy (non-hydrogen) atoms. The highest BCUT2D eigenvalue weighted by Crippen LogP contribution is 2.33. The van der Waals surface area contributed by atoms with E-state index in [2.05, 4.69) is 27.7 Å². The zero-order valence-electron chi connectivity index (χ0n) is 18.0. The van der Waals surface area contributed by atoms with Gasteiger partial charge in [0.2, 0.25) is 5.91 Å². The fraction of sp³-hybridized carbons (Fsp3) is 0.0435. The summed E-state index contributed by atoms with van der Waals surface area (Å²) < 4.78 is 67.9. The Morgan fingerprint density at radius 3 is 2.17 bits per heavy atom. The van der Waals surface area contributed by atoms with Gasteiger partial charge >= 0.3 is 0 Å². The van der Waals surface area contributed by atoms with Crippen molar-refractivity contribution in [2.24, 2.45) is 4.99 Å². The van der Waals surface area contributed by atoms with Gasteiger partial charge < -0.3 is 5.32 Å². The summed E-state index contributed by atoms with van der Waals surface area (Å²) in [6, 6.07) is 14.7. The molecule has 0 bridgehead atoms. The smallest absolute Gasteiger partial charge is 0.295 e. The van der Waals surface area contributed by atoms with E-state index in [1.165, 1.54) is 43.3 Å². The first-order valence-electron chi connectivity index (χ1n) is 9.76. The molecule has 0 aliphatic heterocycles. The average molecular weight is 531 g/mol. The highest BCUT2D eigenvalue weighted by molar-refractivity contribution is 7.86. The van der Waals surface area contributed by atoms with Crippen molar-refractivity contribution in [2.75, 3.05) is 5.32 Å². The summed E-state index contributed by atoms with van der Waals surface area (Å²) >= 11 is 4.50. The Morgan fingerprint density at radius 1 is 0.943 bits per heavy atom. The number of rotatable bonds is 7. The molecular formula is C23H18N2O7S3. The molecule has 0 fully saturated rings. The number of nitrogens with one attached hydrogen (secondary N) is 1. The molecule has 0 atom stereocenters. The molecule has 180 valence electrons. The SMILES string of the molecule is CC(=O)Nc1ccc(-c2cccc(C=Cc3ccc(N=C=S)cc3S(=O)(=O)O)c2S(=O)(=O)O)cc1. The van der Waals surface area contributed by atoms with Gasteiger partial charge in [-0.15, -0.1) is 0 Å². The first-order chi connectivity index (χ1) is 16.4. The van der Waals surface area contributed by atoms with E-state index in [0.29, 0.717) is 11.3 Å². The van der Waals surface area contributed by atoms with E-state index in [4.69, 9.17) is 0 Å². The molecule has 0 saturated heterocycles. The van der Waals surface area contributed by atoms with Gasteiger partial charge in [-0.1, -0.05) is 48.6 Å². The van der Waals surface area contributed by atoms with Gasteiger partial charge in [0.1, 0.15) is 9.79 Å². The summed E-state index contributed by atoms with van der Waals surface area (Å²) in [6.07, 6.45) is 2.58. The van der Waals surface area contributed by atoms with Crippen LogP contribution in [0.5, 0.6) is 0 Å². The Hall–Kier alpha value is -3.51. The van der Waals surface area contributed by atoms with Gasteiger partial charge in [-0.25, -0.2) is 0 Å². The Bertz CT molecular complexity index is 1590. The standard InChI is InChI=1S/C23H18N2O7S3/c1-15(26)25-19-10-7-16(8-11-19)21-4-2-3-18(23(21)35(30,31)32)6-5-17-9-12-20(24-14-33)13-22(17)34(27,28)29/h2-13H,1H3,(H,25,26)(H,27,28,29)(H,30,31,32). The number of aliphatic imine (C=N–C) groups is 1. The molecule has 3 rings (SSSR count). The number of hydrogen-bond acceptors (Lipinski definition) is 7. The lowest BCUT2D eigenvalue weighted by molar-refractivity contribution is -0.114. The van der Waals surface area contributed by atoms with Crippen molar-refractivity contribution in [3.05, 3.63) is 71.8 Å². The number of nitrogens with zero attached hydrogens (tertiary/aromatic N) is 1. The molecule has 0 spiro atoms. The number of carbonyl (C=O) groups excluding carboxylic acids is 1. The summed E-state index contributed by atoms with van der Waals surface area (Å²) in [4.78, 5) is 14.0. The second-order valence-electron chi connectivity index (χ2n) is 7.19. The minimum absolute atomic E-state index is 0.0437. The molecule has 0 radical (unpaired) electrons. The summed E-state index contributed by atoms with van der Waals surface area (Å²) in [6.45, 7) is 1.35. The summed E-state index contributed by atoms with van der Waals surface area (Å²) in [7, 11) is -9.37. The molecule has 0 heterocycles. The van der Waals surface area contributed by atoms with Crippen molar-refractivity contribution in [2.45, 2.75) is 16.7 Å². The van der Waals surface area contributed by atoms with E-state index in [1.54, 1.807) is 30.3 Å². The Morgan fingerprint density at radius 2 is 1.60 bits per heavy atom. The van der Waals surface area contributed by atoms with Crippen molar-refractivity contribution < 1.29 is 30.7 Å². The third-order valence-electron chi connectivity index (χ3n) is 4.71. The average Bonchev–Trinajstić information content (AvgIpc) is 2.77.